The van der Waals surface area contributed by atoms with Crippen molar-refractivity contribution in [3.8, 4) is 0 Å². The molecular formula is C17H21N3O3S. The van der Waals surface area contributed by atoms with Gasteiger partial charge in [-0.3, -0.25) is 4.79 Å². The van der Waals surface area contributed by atoms with Gasteiger partial charge in [0.2, 0.25) is 10.0 Å². The number of aromatic nitrogens is 1. The Bertz CT molecular complexity index is 865. The van der Waals surface area contributed by atoms with Gasteiger partial charge in [0.15, 0.2) is 0 Å². The third-order valence-corrected chi connectivity index (χ3v) is 5.54. The molecule has 3 rings (SSSR count). The molecule has 3 N–H and O–H groups in total. The summed E-state index contributed by atoms with van der Waals surface area (Å²) < 4.78 is 25.2. The van der Waals surface area contributed by atoms with Gasteiger partial charge in [0.1, 0.15) is 5.69 Å². The Balaban J connectivity index is 1.85. The number of benzene rings is 1. The summed E-state index contributed by atoms with van der Waals surface area (Å²) in [7, 11) is -3.82. The summed E-state index contributed by atoms with van der Waals surface area (Å²) in [5.74, 6) is -0.254. The molecule has 0 unspecified atom stereocenters. The van der Waals surface area contributed by atoms with E-state index < -0.39 is 10.0 Å². The molecule has 1 aromatic carbocycles. The summed E-state index contributed by atoms with van der Waals surface area (Å²) in [6, 6.07) is 8.70. The molecule has 24 heavy (non-hydrogen) atoms. The van der Waals surface area contributed by atoms with Gasteiger partial charge in [-0.05, 0) is 49.6 Å². The Labute approximate surface area is 141 Å². The van der Waals surface area contributed by atoms with Crippen LogP contribution in [0.2, 0.25) is 0 Å². The summed E-state index contributed by atoms with van der Waals surface area (Å²) in [4.78, 5) is 12.6. The molecule has 0 saturated heterocycles. The standard InChI is InChI=1S/C17H21N3O3S/c1-12-8-9-13(11-16(12)24(18,22)23)19-17(21)15-7-4-10-20(15)14-5-2-3-6-14/h4,7-11,14H,2-3,5-6H2,1H3,(H,19,21)(H2,18,22,23). The van der Waals surface area contributed by atoms with Crippen LogP contribution in [-0.4, -0.2) is 18.9 Å². The van der Waals surface area contributed by atoms with Crippen molar-refractivity contribution in [2.45, 2.75) is 43.5 Å². The number of nitrogens with zero attached hydrogens (tertiary/aromatic N) is 1. The first-order valence-electron chi connectivity index (χ1n) is 7.98. The Kier molecular flexibility index (Phi) is 4.47. The predicted molar refractivity (Wildman–Crippen MR) is 92.4 cm³/mol. The quantitative estimate of drug-likeness (QED) is 0.890. The van der Waals surface area contributed by atoms with E-state index in [1.54, 1.807) is 25.1 Å². The van der Waals surface area contributed by atoms with Crippen LogP contribution in [0.15, 0.2) is 41.4 Å². The number of amides is 1. The maximum atomic E-state index is 12.6. The summed E-state index contributed by atoms with van der Waals surface area (Å²) in [6.07, 6.45) is 6.44. The average molecular weight is 347 g/mol. The average Bonchev–Trinajstić information content (AvgIpc) is 3.18. The fourth-order valence-electron chi connectivity index (χ4n) is 3.27. The van der Waals surface area contributed by atoms with Crippen molar-refractivity contribution in [2.24, 2.45) is 5.14 Å². The molecule has 0 bridgehead atoms. The normalized spacial score (nSPS) is 15.6. The zero-order valence-corrected chi connectivity index (χ0v) is 14.3. The van der Waals surface area contributed by atoms with Crippen LogP contribution >= 0.6 is 0 Å². The number of anilines is 1. The molecule has 0 aliphatic heterocycles. The molecule has 1 aliphatic rings. The van der Waals surface area contributed by atoms with Gasteiger partial charge in [0.25, 0.3) is 5.91 Å². The monoisotopic (exact) mass is 347 g/mol. The smallest absolute Gasteiger partial charge is 0.272 e. The zero-order valence-electron chi connectivity index (χ0n) is 13.5. The van der Waals surface area contributed by atoms with Crippen molar-refractivity contribution in [1.29, 1.82) is 0 Å². The third-order valence-electron chi connectivity index (χ3n) is 4.48. The fraction of sp³-hybridized carbons (Fsp3) is 0.353. The second-order valence-corrected chi connectivity index (χ2v) is 7.75. The first kappa shape index (κ1) is 16.7. The molecule has 0 spiro atoms. The van der Waals surface area contributed by atoms with Gasteiger partial charge in [-0.15, -0.1) is 0 Å². The van der Waals surface area contributed by atoms with Crippen molar-refractivity contribution in [3.63, 3.8) is 0 Å². The summed E-state index contributed by atoms with van der Waals surface area (Å²) in [6.45, 7) is 1.66. The molecule has 6 nitrogen and oxygen atoms in total. The minimum absolute atomic E-state index is 0.0199. The van der Waals surface area contributed by atoms with Gasteiger partial charge in [0.05, 0.1) is 4.90 Å². The van der Waals surface area contributed by atoms with Gasteiger partial charge in [-0.1, -0.05) is 18.9 Å². The van der Waals surface area contributed by atoms with Crippen molar-refractivity contribution in [2.75, 3.05) is 5.32 Å². The highest BCUT2D eigenvalue weighted by atomic mass is 32.2. The maximum Gasteiger partial charge on any atom is 0.272 e. The van der Waals surface area contributed by atoms with E-state index in [2.05, 4.69) is 5.32 Å². The first-order valence-corrected chi connectivity index (χ1v) is 9.52. The molecule has 0 radical (unpaired) electrons. The Morgan fingerprint density at radius 2 is 1.96 bits per heavy atom. The van der Waals surface area contributed by atoms with Gasteiger partial charge in [-0.2, -0.15) is 0 Å². The molecule has 1 aromatic heterocycles. The van der Waals surface area contributed by atoms with E-state index in [-0.39, 0.29) is 10.8 Å². The van der Waals surface area contributed by atoms with Crippen molar-refractivity contribution in [3.05, 3.63) is 47.8 Å². The van der Waals surface area contributed by atoms with Crippen molar-refractivity contribution < 1.29 is 13.2 Å². The van der Waals surface area contributed by atoms with E-state index in [1.165, 1.54) is 18.9 Å². The molecule has 1 amide bonds. The van der Waals surface area contributed by atoms with E-state index in [9.17, 15) is 13.2 Å². The number of nitrogens with one attached hydrogen (secondary N) is 1. The second kappa shape index (κ2) is 6.41. The van der Waals surface area contributed by atoms with Crippen LogP contribution in [0.3, 0.4) is 0 Å². The minimum Gasteiger partial charge on any atom is -0.340 e. The molecular weight excluding hydrogens is 326 g/mol. The van der Waals surface area contributed by atoms with E-state index >= 15 is 0 Å². The van der Waals surface area contributed by atoms with E-state index in [1.807, 2.05) is 16.8 Å². The molecule has 7 heteroatoms. The maximum absolute atomic E-state index is 12.6. The van der Waals surface area contributed by atoms with E-state index in [0.717, 1.165) is 12.8 Å². The number of carbonyl (C=O) groups excluding carboxylic acids is 1. The summed E-state index contributed by atoms with van der Waals surface area (Å²) in [5, 5.41) is 7.98. The van der Waals surface area contributed by atoms with E-state index in [4.69, 9.17) is 5.14 Å². The highest BCUT2D eigenvalue weighted by molar-refractivity contribution is 7.89. The van der Waals surface area contributed by atoms with Crippen LogP contribution in [0.4, 0.5) is 5.69 Å². The summed E-state index contributed by atoms with van der Waals surface area (Å²) >= 11 is 0. The topological polar surface area (TPSA) is 94.2 Å². The van der Waals surface area contributed by atoms with Crippen LogP contribution in [-0.2, 0) is 10.0 Å². The first-order chi connectivity index (χ1) is 11.4. The molecule has 1 heterocycles. The lowest BCUT2D eigenvalue weighted by Crippen LogP contribution is -2.19. The number of primary sulfonamides is 1. The lowest BCUT2D eigenvalue weighted by atomic mass is 10.2. The highest BCUT2D eigenvalue weighted by Gasteiger charge is 2.21. The molecule has 1 fully saturated rings. The van der Waals surface area contributed by atoms with Gasteiger partial charge in [-0.25, -0.2) is 13.6 Å². The lowest BCUT2D eigenvalue weighted by Gasteiger charge is -2.16. The van der Waals surface area contributed by atoms with E-state index in [0.29, 0.717) is 23.0 Å². The van der Waals surface area contributed by atoms with Crippen LogP contribution in [0.5, 0.6) is 0 Å². The molecule has 1 saturated carbocycles. The van der Waals surface area contributed by atoms with Crippen LogP contribution in [0, 0.1) is 6.92 Å². The number of hydrogen-bond acceptors (Lipinski definition) is 3. The number of sulfonamides is 1. The summed E-state index contributed by atoms with van der Waals surface area (Å²) in [5.41, 5.74) is 1.54. The van der Waals surface area contributed by atoms with Gasteiger partial charge >= 0.3 is 0 Å². The zero-order chi connectivity index (χ0) is 17.3. The highest BCUT2D eigenvalue weighted by Crippen LogP contribution is 2.31. The molecule has 1 aliphatic carbocycles. The minimum atomic E-state index is -3.82. The van der Waals surface area contributed by atoms with Crippen LogP contribution in [0.1, 0.15) is 47.8 Å². The van der Waals surface area contributed by atoms with Crippen LogP contribution < -0.4 is 10.5 Å². The largest absolute Gasteiger partial charge is 0.340 e. The fourth-order valence-corrected chi connectivity index (χ4v) is 4.07. The predicted octanol–water partition coefficient (Wildman–Crippen LogP) is 2.81. The van der Waals surface area contributed by atoms with Gasteiger partial charge < -0.3 is 9.88 Å². The molecule has 2 aromatic rings. The lowest BCUT2D eigenvalue weighted by molar-refractivity contribution is 0.101. The van der Waals surface area contributed by atoms with Crippen molar-refractivity contribution in [1.82, 2.24) is 4.57 Å². The second-order valence-electron chi connectivity index (χ2n) is 6.22. The SMILES string of the molecule is Cc1ccc(NC(=O)c2cccn2C2CCCC2)cc1S(N)(=O)=O. The molecule has 128 valence electrons. The third kappa shape index (κ3) is 3.37. The number of carbonyl (C=O) groups is 1. The number of nitrogens with two attached hydrogens (primary N) is 1. The Hall–Kier alpha value is -2.12. The number of rotatable bonds is 4. The van der Waals surface area contributed by atoms with Crippen molar-refractivity contribution >= 4 is 21.6 Å². The number of hydrogen-bond donors (Lipinski definition) is 2. The van der Waals surface area contributed by atoms with Crippen LogP contribution in [0.25, 0.3) is 0 Å². The van der Waals surface area contributed by atoms with Gasteiger partial charge in [0, 0.05) is 17.9 Å². The Morgan fingerprint density at radius 1 is 1.25 bits per heavy atom. The molecule has 0 atom stereocenters. The number of aryl methyl sites for hydroxylation is 1. The Morgan fingerprint density at radius 3 is 2.62 bits per heavy atom.